The molecular weight excluding hydrogens is 312 g/mol. The molecule has 0 saturated heterocycles. The summed E-state index contributed by atoms with van der Waals surface area (Å²) in [4.78, 5) is 13.4. The molecule has 2 aromatic carbocycles. The Labute approximate surface area is 142 Å². The zero-order valence-corrected chi connectivity index (χ0v) is 14.1. The minimum atomic E-state index is -0.165. The van der Waals surface area contributed by atoms with Crippen molar-refractivity contribution in [3.63, 3.8) is 0 Å². The van der Waals surface area contributed by atoms with Crippen LogP contribution < -0.4 is 10.1 Å². The Hall–Kier alpha value is -2.20. The SMILES string of the molecule is CCN(C)C(=O)Nc1ccc(OCCc2ccccc2)c(Cl)c1. The van der Waals surface area contributed by atoms with E-state index in [2.05, 4.69) is 17.4 Å². The normalized spacial score (nSPS) is 10.2. The molecule has 0 aliphatic carbocycles. The van der Waals surface area contributed by atoms with Crippen LogP contribution in [-0.2, 0) is 6.42 Å². The summed E-state index contributed by atoms with van der Waals surface area (Å²) in [5.74, 6) is 0.615. The Balaban J connectivity index is 1.90. The van der Waals surface area contributed by atoms with Crippen molar-refractivity contribution in [2.75, 3.05) is 25.5 Å². The van der Waals surface area contributed by atoms with E-state index in [1.807, 2.05) is 25.1 Å². The van der Waals surface area contributed by atoms with E-state index in [4.69, 9.17) is 16.3 Å². The van der Waals surface area contributed by atoms with Crippen molar-refractivity contribution in [3.05, 3.63) is 59.1 Å². The van der Waals surface area contributed by atoms with Gasteiger partial charge in [0.25, 0.3) is 0 Å². The first-order valence-electron chi connectivity index (χ1n) is 7.58. The number of carbonyl (C=O) groups excluding carboxylic acids is 1. The molecule has 0 unspecified atom stereocenters. The Morgan fingerprint density at radius 2 is 1.96 bits per heavy atom. The molecule has 2 aromatic rings. The summed E-state index contributed by atoms with van der Waals surface area (Å²) < 4.78 is 5.71. The summed E-state index contributed by atoms with van der Waals surface area (Å²) in [7, 11) is 1.73. The minimum Gasteiger partial charge on any atom is -0.492 e. The quantitative estimate of drug-likeness (QED) is 0.849. The van der Waals surface area contributed by atoms with E-state index in [0.29, 0.717) is 29.6 Å². The maximum Gasteiger partial charge on any atom is 0.321 e. The first-order chi connectivity index (χ1) is 11.1. The molecule has 0 saturated carbocycles. The molecule has 122 valence electrons. The first-order valence-corrected chi connectivity index (χ1v) is 7.96. The summed E-state index contributed by atoms with van der Waals surface area (Å²) in [5, 5.41) is 3.27. The van der Waals surface area contributed by atoms with Gasteiger partial charge in [0.15, 0.2) is 0 Å². The highest BCUT2D eigenvalue weighted by atomic mass is 35.5. The number of amides is 2. The van der Waals surface area contributed by atoms with Crippen molar-refractivity contribution in [1.29, 1.82) is 0 Å². The third-order valence-electron chi connectivity index (χ3n) is 3.50. The van der Waals surface area contributed by atoms with E-state index in [-0.39, 0.29) is 6.03 Å². The smallest absolute Gasteiger partial charge is 0.321 e. The fraction of sp³-hybridized carbons (Fsp3) is 0.278. The average Bonchev–Trinajstić information content (AvgIpc) is 2.57. The molecule has 23 heavy (non-hydrogen) atoms. The average molecular weight is 333 g/mol. The van der Waals surface area contributed by atoms with Crippen LogP contribution in [0.5, 0.6) is 5.75 Å². The first kappa shape index (κ1) is 17.2. The van der Waals surface area contributed by atoms with Crippen molar-refractivity contribution in [2.24, 2.45) is 0 Å². The predicted molar refractivity (Wildman–Crippen MR) is 94.4 cm³/mol. The van der Waals surface area contributed by atoms with Crippen molar-refractivity contribution < 1.29 is 9.53 Å². The van der Waals surface area contributed by atoms with E-state index in [0.717, 1.165) is 6.42 Å². The molecule has 0 aliphatic rings. The maximum atomic E-state index is 11.8. The lowest BCUT2D eigenvalue weighted by Gasteiger charge is -2.16. The summed E-state index contributed by atoms with van der Waals surface area (Å²) in [6.07, 6.45) is 0.816. The van der Waals surface area contributed by atoms with Gasteiger partial charge < -0.3 is 15.0 Å². The van der Waals surface area contributed by atoms with Gasteiger partial charge in [-0.1, -0.05) is 41.9 Å². The molecule has 0 aromatic heterocycles. The largest absolute Gasteiger partial charge is 0.492 e. The van der Waals surface area contributed by atoms with Crippen molar-refractivity contribution in [3.8, 4) is 5.75 Å². The number of nitrogens with zero attached hydrogens (tertiary/aromatic N) is 1. The molecular formula is C18H21ClN2O2. The lowest BCUT2D eigenvalue weighted by atomic mass is 10.2. The van der Waals surface area contributed by atoms with Gasteiger partial charge in [-0.25, -0.2) is 4.79 Å². The van der Waals surface area contributed by atoms with Crippen molar-refractivity contribution in [2.45, 2.75) is 13.3 Å². The van der Waals surface area contributed by atoms with Gasteiger partial charge in [0.2, 0.25) is 0 Å². The molecule has 5 heteroatoms. The van der Waals surface area contributed by atoms with Gasteiger partial charge in [0, 0.05) is 25.7 Å². The standard InChI is InChI=1S/C18H21ClN2O2/c1-3-21(2)18(22)20-15-9-10-17(16(19)13-15)23-12-11-14-7-5-4-6-8-14/h4-10,13H,3,11-12H2,1-2H3,(H,20,22). The van der Waals surface area contributed by atoms with Gasteiger partial charge >= 0.3 is 6.03 Å². The van der Waals surface area contributed by atoms with Crippen LogP contribution >= 0.6 is 11.6 Å². The van der Waals surface area contributed by atoms with Crippen LogP contribution in [0, 0.1) is 0 Å². The molecule has 0 aliphatic heterocycles. The molecule has 0 spiro atoms. The van der Waals surface area contributed by atoms with Crippen LogP contribution in [0.1, 0.15) is 12.5 Å². The number of nitrogens with one attached hydrogen (secondary N) is 1. The Morgan fingerprint density at radius 3 is 2.61 bits per heavy atom. The highest BCUT2D eigenvalue weighted by Gasteiger charge is 2.09. The zero-order valence-electron chi connectivity index (χ0n) is 13.4. The van der Waals surface area contributed by atoms with Crippen LogP contribution in [0.4, 0.5) is 10.5 Å². The Morgan fingerprint density at radius 1 is 1.22 bits per heavy atom. The molecule has 2 amide bonds. The number of anilines is 1. The second kappa shape index (κ2) is 8.44. The van der Waals surface area contributed by atoms with E-state index in [1.165, 1.54) is 5.56 Å². The summed E-state index contributed by atoms with van der Waals surface area (Å²) in [6, 6.07) is 15.2. The molecule has 1 N–H and O–H groups in total. The third-order valence-corrected chi connectivity index (χ3v) is 3.79. The second-order valence-electron chi connectivity index (χ2n) is 5.17. The van der Waals surface area contributed by atoms with Crippen molar-refractivity contribution in [1.82, 2.24) is 4.90 Å². The summed E-state index contributed by atoms with van der Waals surface area (Å²) in [5.41, 5.74) is 1.87. The van der Waals surface area contributed by atoms with E-state index in [9.17, 15) is 4.79 Å². The number of hydrogen-bond donors (Lipinski definition) is 1. The molecule has 0 fully saturated rings. The lowest BCUT2D eigenvalue weighted by Crippen LogP contribution is -2.30. The Bertz CT molecular complexity index is 647. The van der Waals surface area contributed by atoms with Gasteiger partial charge in [-0.3, -0.25) is 0 Å². The number of rotatable bonds is 6. The maximum absolute atomic E-state index is 11.8. The topological polar surface area (TPSA) is 41.6 Å². The zero-order chi connectivity index (χ0) is 16.7. The summed E-state index contributed by atoms with van der Waals surface area (Å²) in [6.45, 7) is 3.10. The van der Waals surface area contributed by atoms with E-state index in [1.54, 1.807) is 30.1 Å². The third kappa shape index (κ3) is 5.18. The van der Waals surface area contributed by atoms with Crippen LogP contribution in [0.15, 0.2) is 48.5 Å². The number of carbonyl (C=O) groups is 1. The number of hydrogen-bond acceptors (Lipinski definition) is 2. The lowest BCUT2D eigenvalue weighted by molar-refractivity contribution is 0.224. The fourth-order valence-corrected chi connectivity index (χ4v) is 2.22. The highest BCUT2D eigenvalue weighted by Crippen LogP contribution is 2.28. The number of urea groups is 1. The highest BCUT2D eigenvalue weighted by molar-refractivity contribution is 6.32. The molecule has 0 atom stereocenters. The fourth-order valence-electron chi connectivity index (χ4n) is 1.98. The van der Waals surface area contributed by atoms with Crippen LogP contribution in [0.3, 0.4) is 0 Å². The van der Waals surface area contributed by atoms with Gasteiger partial charge in [-0.05, 0) is 30.7 Å². The predicted octanol–water partition coefficient (Wildman–Crippen LogP) is 4.45. The Kier molecular flexibility index (Phi) is 6.29. The number of halogens is 1. The van der Waals surface area contributed by atoms with Crippen LogP contribution in [0.2, 0.25) is 5.02 Å². The monoisotopic (exact) mass is 332 g/mol. The van der Waals surface area contributed by atoms with Gasteiger partial charge in [0.1, 0.15) is 5.75 Å². The van der Waals surface area contributed by atoms with E-state index >= 15 is 0 Å². The molecule has 4 nitrogen and oxygen atoms in total. The van der Waals surface area contributed by atoms with Gasteiger partial charge in [0.05, 0.1) is 11.6 Å². The molecule has 0 heterocycles. The molecule has 2 rings (SSSR count). The summed E-state index contributed by atoms with van der Waals surface area (Å²) >= 11 is 6.22. The van der Waals surface area contributed by atoms with Crippen molar-refractivity contribution >= 4 is 23.3 Å². The molecule has 0 radical (unpaired) electrons. The van der Waals surface area contributed by atoms with Crippen LogP contribution in [-0.4, -0.2) is 31.1 Å². The number of ether oxygens (including phenoxy) is 1. The van der Waals surface area contributed by atoms with Gasteiger partial charge in [-0.2, -0.15) is 0 Å². The molecule has 0 bridgehead atoms. The second-order valence-corrected chi connectivity index (χ2v) is 5.58. The van der Waals surface area contributed by atoms with Gasteiger partial charge in [-0.15, -0.1) is 0 Å². The minimum absolute atomic E-state index is 0.165. The number of benzene rings is 2. The van der Waals surface area contributed by atoms with E-state index < -0.39 is 0 Å². The van der Waals surface area contributed by atoms with Crippen LogP contribution in [0.25, 0.3) is 0 Å².